The minimum absolute atomic E-state index is 0.483. The van der Waals surface area contributed by atoms with Crippen LogP contribution in [0.15, 0.2) is 0 Å². The first-order chi connectivity index (χ1) is 8.33. The van der Waals surface area contributed by atoms with Crippen LogP contribution in [-0.2, 0) is 4.74 Å². The van der Waals surface area contributed by atoms with Gasteiger partial charge in [0.2, 0.25) is 0 Å². The molecule has 0 saturated heterocycles. The molecule has 2 bridgehead atoms. The Morgan fingerprint density at radius 2 is 2.00 bits per heavy atom. The third-order valence-corrected chi connectivity index (χ3v) is 5.72. The Morgan fingerprint density at radius 3 is 2.76 bits per heavy atom. The fraction of sp³-hybridized carbons (Fsp3) is 0.938. The fourth-order valence-electron chi connectivity index (χ4n) is 5.00. The highest BCUT2D eigenvalue weighted by Gasteiger charge is 2.54. The highest BCUT2D eigenvalue weighted by atomic mass is 16.5. The molecule has 0 aliphatic heterocycles. The van der Waals surface area contributed by atoms with Gasteiger partial charge in [-0.05, 0) is 62.2 Å². The number of hydrogen-bond donors (Lipinski definition) is 0. The predicted octanol–water partition coefficient (Wildman–Crippen LogP) is 4.22. The van der Waals surface area contributed by atoms with Crippen LogP contribution in [0.2, 0.25) is 0 Å². The Morgan fingerprint density at radius 1 is 1.18 bits per heavy atom. The van der Waals surface area contributed by atoms with Crippen molar-refractivity contribution >= 4 is 0 Å². The average Bonchev–Trinajstić information content (AvgIpc) is 2.99. The first-order valence-corrected chi connectivity index (χ1v) is 7.78. The molecule has 6 unspecified atom stereocenters. The van der Waals surface area contributed by atoms with Crippen LogP contribution < -0.4 is 0 Å². The van der Waals surface area contributed by atoms with Crippen molar-refractivity contribution in [1.82, 2.24) is 0 Å². The molecule has 3 rings (SSSR count). The molecule has 97 valence electrons. The van der Waals surface area contributed by atoms with Gasteiger partial charge in [-0.3, -0.25) is 0 Å². The van der Waals surface area contributed by atoms with E-state index >= 15 is 0 Å². The average molecular weight is 235 g/mol. The minimum atomic E-state index is 0.483. The van der Waals surface area contributed by atoms with Gasteiger partial charge in [-0.1, -0.05) is 26.7 Å². The van der Waals surface area contributed by atoms with Gasteiger partial charge in [0.05, 0.1) is 12.2 Å². The van der Waals surface area contributed by atoms with E-state index in [1.807, 2.05) is 0 Å². The maximum absolute atomic E-state index is 6.40. The second-order valence-electron chi connectivity index (χ2n) is 6.50. The lowest BCUT2D eigenvalue weighted by molar-refractivity contribution is -0.0614. The van der Waals surface area contributed by atoms with Crippen molar-refractivity contribution in [2.24, 2.45) is 23.7 Å². The molecule has 0 N–H and O–H groups in total. The van der Waals surface area contributed by atoms with Crippen LogP contribution in [0.1, 0.15) is 58.3 Å². The van der Waals surface area contributed by atoms with E-state index in [0.717, 1.165) is 42.9 Å². The van der Waals surface area contributed by atoms with Crippen LogP contribution in [-0.4, -0.2) is 12.2 Å². The lowest BCUT2D eigenvalue weighted by Crippen LogP contribution is -2.33. The van der Waals surface area contributed by atoms with Crippen LogP contribution in [0.25, 0.3) is 0 Å². The molecule has 0 aromatic carbocycles. The van der Waals surface area contributed by atoms with Gasteiger partial charge in [-0.15, -0.1) is 0 Å². The van der Waals surface area contributed by atoms with E-state index in [2.05, 4.69) is 13.8 Å². The van der Waals surface area contributed by atoms with Gasteiger partial charge in [0, 0.05) is 0 Å². The van der Waals surface area contributed by atoms with Gasteiger partial charge in [0.15, 0.2) is 0 Å². The topological polar surface area (TPSA) is 9.23 Å². The second-order valence-corrected chi connectivity index (χ2v) is 6.50. The summed E-state index contributed by atoms with van der Waals surface area (Å²) in [5.41, 5.74) is 0. The fourth-order valence-corrected chi connectivity index (χ4v) is 5.00. The highest BCUT2D eigenvalue weighted by Crippen LogP contribution is 2.59. The molecule has 1 nitrogen and oxygen atoms in total. The van der Waals surface area contributed by atoms with Crippen LogP contribution in [0.4, 0.5) is 0 Å². The molecular formula is C16H27O. The molecule has 0 heterocycles. The van der Waals surface area contributed by atoms with Crippen molar-refractivity contribution in [2.45, 2.75) is 70.5 Å². The monoisotopic (exact) mass is 235 g/mol. The molecule has 3 aliphatic carbocycles. The van der Waals surface area contributed by atoms with Crippen molar-refractivity contribution < 1.29 is 4.74 Å². The molecule has 3 aliphatic rings. The van der Waals surface area contributed by atoms with Crippen LogP contribution >= 0.6 is 0 Å². The molecule has 0 spiro atoms. The normalized spacial score (nSPS) is 45.2. The molecule has 0 aromatic heterocycles. The summed E-state index contributed by atoms with van der Waals surface area (Å²) in [6.45, 7) is 6.23. The standard InChI is InChI=1S/C16H27O/c1-3-6-12(4-2)17-16-10-11-9-15(16)14-8-5-7-13(11)14/h11-16H,1,3-10H2,2H3. The summed E-state index contributed by atoms with van der Waals surface area (Å²) >= 11 is 0. The Bertz CT molecular complexity index is 262. The molecule has 0 amide bonds. The Labute approximate surface area is 106 Å². The largest absolute Gasteiger partial charge is 0.375 e. The van der Waals surface area contributed by atoms with E-state index in [1.54, 1.807) is 0 Å². The zero-order chi connectivity index (χ0) is 11.8. The highest BCUT2D eigenvalue weighted by molar-refractivity contribution is 5.03. The van der Waals surface area contributed by atoms with Crippen LogP contribution in [0.3, 0.4) is 0 Å². The van der Waals surface area contributed by atoms with Crippen molar-refractivity contribution in [1.29, 1.82) is 0 Å². The predicted molar refractivity (Wildman–Crippen MR) is 70.6 cm³/mol. The summed E-state index contributed by atoms with van der Waals surface area (Å²) in [7, 11) is 0. The Kier molecular flexibility index (Phi) is 3.47. The van der Waals surface area contributed by atoms with Crippen LogP contribution in [0.5, 0.6) is 0 Å². The van der Waals surface area contributed by atoms with E-state index < -0.39 is 0 Å². The lowest BCUT2D eigenvalue weighted by atomic mass is 9.80. The summed E-state index contributed by atoms with van der Waals surface area (Å²) in [6, 6.07) is 0. The van der Waals surface area contributed by atoms with Gasteiger partial charge in [-0.25, -0.2) is 0 Å². The Balaban J connectivity index is 1.59. The quantitative estimate of drug-likeness (QED) is 0.693. The van der Waals surface area contributed by atoms with Crippen molar-refractivity contribution in [3.8, 4) is 0 Å². The zero-order valence-electron chi connectivity index (χ0n) is 11.2. The van der Waals surface area contributed by atoms with Gasteiger partial charge >= 0.3 is 0 Å². The molecule has 6 atom stereocenters. The van der Waals surface area contributed by atoms with Gasteiger partial charge < -0.3 is 4.74 Å². The molecule has 3 saturated carbocycles. The summed E-state index contributed by atoms with van der Waals surface area (Å²) in [4.78, 5) is 0. The third-order valence-electron chi connectivity index (χ3n) is 5.72. The smallest absolute Gasteiger partial charge is 0.0612 e. The number of ether oxygens (including phenoxy) is 1. The van der Waals surface area contributed by atoms with Gasteiger partial charge in [0.1, 0.15) is 0 Å². The summed E-state index contributed by atoms with van der Waals surface area (Å²) in [6.07, 6.45) is 11.8. The van der Waals surface area contributed by atoms with E-state index in [-0.39, 0.29) is 0 Å². The molecule has 1 radical (unpaired) electrons. The first-order valence-electron chi connectivity index (χ1n) is 7.78. The number of hydrogen-bond acceptors (Lipinski definition) is 1. The SMILES string of the molecule is [CH2]CCC(CC)OC1CC2CC1C1CCCC21. The van der Waals surface area contributed by atoms with E-state index in [9.17, 15) is 0 Å². The van der Waals surface area contributed by atoms with E-state index in [1.165, 1.54) is 32.1 Å². The van der Waals surface area contributed by atoms with E-state index in [4.69, 9.17) is 4.74 Å². The maximum Gasteiger partial charge on any atom is 0.0612 e. The molecular weight excluding hydrogens is 208 g/mol. The number of rotatable bonds is 5. The van der Waals surface area contributed by atoms with Crippen molar-refractivity contribution in [2.75, 3.05) is 0 Å². The first kappa shape index (κ1) is 12.0. The van der Waals surface area contributed by atoms with Gasteiger partial charge in [0.25, 0.3) is 0 Å². The molecule has 17 heavy (non-hydrogen) atoms. The van der Waals surface area contributed by atoms with Gasteiger partial charge in [-0.2, -0.15) is 0 Å². The van der Waals surface area contributed by atoms with Crippen LogP contribution in [0, 0.1) is 30.6 Å². The van der Waals surface area contributed by atoms with Crippen molar-refractivity contribution in [3.05, 3.63) is 6.92 Å². The minimum Gasteiger partial charge on any atom is -0.375 e. The summed E-state index contributed by atoms with van der Waals surface area (Å²) < 4.78 is 6.40. The van der Waals surface area contributed by atoms with E-state index in [0.29, 0.717) is 12.2 Å². The zero-order valence-corrected chi connectivity index (χ0v) is 11.2. The summed E-state index contributed by atoms with van der Waals surface area (Å²) in [5, 5.41) is 0. The molecule has 1 heteroatoms. The molecule has 0 aromatic rings. The summed E-state index contributed by atoms with van der Waals surface area (Å²) in [5.74, 6) is 4.07. The van der Waals surface area contributed by atoms with Crippen molar-refractivity contribution in [3.63, 3.8) is 0 Å². The second kappa shape index (κ2) is 4.91. The third kappa shape index (κ3) is 2.05. The Hall–Kier alpha value is -0.0400. The lowest BCUT2D eigenvalue weighted by Gasteiger charge is -2.33. The maximum atomic E-state index is 6.40. The molecule has 3 fully saturated rings. The number of fused-ring (bicyclic) bond motifs is 5.